The van der Waals surface area contributed by atoms with E-state index in [0.29, 0.717) is 130 Å². The summed E-state index contributed by atoms with van der Waals surface area (Å²) < 4.78 is 0. The zero-order valence-electron chi connectivity index (χ0n) is 28.7. The normalized spacial score (nSPS) is 11.9. The molecule has 57 heavy (non-hydrogen) atoms. The van der Waals surface area contributed by atoms with Crippen LogP contribution in [0.5, 0.6) is 0 Å². The second-order valence-electron chi connectivity index (χ2n) is 12.7. The summed E-state index contributed by atoms with van der Waals surface area (Å²) in [6.07, 6.45) is 7.53. The second-order valence-corrected chi connectivity index (χ2v) is 16.0. The molecule has 0 atom stereocenters. The van der Waals surface area contributed by atoms with E-state index >= 15 is 0 Å². The SMILES string of the molecule is Clc1cccc(Cl)c1-c1c2nc(c(-c3c(Cl)cccc3Cl)c3ccc([n-]3)c(-c3c(Cl)cccc3Cl)c3nc(c(-c4c(Cl)cccc4Cl)c4ccc1[n-]4)C=C3)C=C2.[Pt+2]. The van der Waals surface area contributed by atoms with Gasteiger partial charge < -0.3 is 9.97 Å². The Kier molecular flexibility index (Phi) is 11.5. The van der Waals surface area contributed by atoms with Gasteiger partial charge in [0.05, 0.1) is 22.8 Å². The summed E-state index contributed by atoms with van der Waals surface area (Å²) in [5.41, 5.74) is 8.93. The summed E-state index contributed by atoms with van der Waals surface area (Å²) >= 11 is 55.4. The van der Waals surface area contributed by atoms with Crippen LogP contribution in [0.3, 0.4) is 0 Å². The first-order valence-electron chi connectivity index (χ1n) is 16.9. The Balaban J connectivity index is 0.00000455. The monoisotopic (exact) mass is 1080 g/mol. The van der Waals surface area contributed by atoms with E-state index in [2.05, 4.69) is 0 Å². The number of hydrogen-bond donors (Lipinski definition) is 0. The van der Waals surface area contributed by atoms with Crippen molar-refractivity contribution in [2.45, 2.75) is 0 Å². The van der Waals surface area contributed by atoms with Gasteiger partial charge in [0, 0.05) is 62.4 Å². The van der Waals surface area contributed by atoms with Gasteiger partial charge in [-0.2, -0.15) is 0 Å². The molecule has 0 N–H and O–H groups in total. The van der Waals surface area contributed by atoms with Crippen molar-refractivity contribution in [3.8, 4) is 44.5 Å². The number of halogens is 8. The molecule has 282 valence electrons. The molecule has 8 bridgehead atoms. The third kappa shape index (κ3) is 7.18. The molecule has 0 amide bonds. The van der Waals surface area contributed by atoms with Crippen LogP contribution in [0, 0.1) is 0 Å². The molecular formula is C44H20Cl8N4Pt. The Morgan fingerprint density at radius 2 is 0.474 bits per heavy atom. The molecule has 2 aliphatic heterocycles. The topological polar surface area (TPSA) is 54.0 Å². The van der Waals surface area contributed by atoms with Crippen molar-refractivity contribution >= 4 is 139 Å². The van der Waals surface area contributed by atoms with E-state index in [0.717, 1.165) is 0 Å². The van der Waals surface area contributed by atoms with Crippen molar-refractivity contribution in [3.63, 3.8) is 0 Å². The van der Waals surface area contributed by atoms with Gasteiger partial charge in [0.1, 0.15) is 0 Å². The first-order chi connectivity index (χ1) is 27.1. The number of aromatic nitrogens is 4. The fourth-order valence-corrected chi connectivity index (χ4v) is 9.40. The van der Waals surface area contributed by atoms with Crippen LogP contribution >= 0.6 is 92.8 Å². The van der Waals surface area contributed by atoms with Crippen LogP contribution < -0.4 is 9.97 Å². The molecule has 0 saturated heterocycles. The molecule has 4 nitrogen and oxygen atoms in total. The minimum Gasteiger partial charge on any atom is -0.657 e. The molecule has 0 aliphatic carbocycles. The van der Waals surface area contributed by atoms with E-state index in [-0.39, 0.29) is 21.1 Å². The molecule has 5 heterocycles. The van der Waals surface area contributed by atoms with Crippen LogP contribution in [-0.2, 0) is 21.1 Å². The van der Waals surface area contributed by atoms with Crippen molar-refractivity contribution in [1.29, 1.82) is 0 Å². The number of fused-ring (bicyclic) bond motifs is 8. The van der Waals surface area contributed by atoms with Gasteiger partial charge in [-0.1, -0.05) is 141 Å². The minimum atomic E-state index is 0. The Labute approximate surface area is 381 Å². The molecule has 3 aromatic heterocycles. The standard InChI is InChI=1S/C44H20Cl8N4.Pt/c45-21-5-1-6-22(46)37(21)41-29-13-15-31(53-29)42(38-23(47)7-2-8-24(38)48)33-17-19-35(55-33)44(40-27(51)11-4-12-28(40)52)36-20-18-34(56-36)43(32-16-14-30(41)54-32)39-25(49)9-3-10-26(39)50;/h1-20H;/q-2;+2. The number of hydrogen-bond acceptors (Lipinski definition) is 2. The summed E-state index contributed by atoms with van der Waals surface area (Å²) in [4.78, 5) is 20.8. The maximum Gasteiger partial charge on any atom is 2.00 e. The van der Waals surface area contributed by atoms with Gasteiger partial charge in [0.25, 0.3) is 0 Å². The smallest absolute Gasteiger partial charge is 0.657 e. The fourth-order valence-electron chi connectivity index (χ4n) is 7.06. The largest absolute Gasteiger partial charge is 2.00 e. The maximum absolute atomic E-state index is 6.93. The average molecular weight is 1080 g/mol. The molecule has 7 aromatic rings. The van der Waals surface area contributed by atoms with E-state index in [1.165, 1.54) is 0 Å². The molecular weight excluding hydrogens is 1060 g/mol. The van der Waals surface area contributed by atoms with E-state index in [4.69, 9.17) is 113 Å². The van der Waals surface area contributed by atoms with Crippen LogP contribution in [-0.4, -0.2) is 9.97 Å². The molecule has 0 spiro atoms. The molecule has 0 radical (unpaired) electrons. The number of nitrogens with zero attached hydrogens (tertiary/aromatic N) is 4. The van der Waals surface area contributed by atoms with Crippen LogP contribution in [0.15, 0.2) is 97.1 Å². The molecule has 0 saturated carbocycles. The Hall–Kier alpha value is -3.51. The zero-order valence-corrected chi connectivity index (χ0v) is 37.0. The number of benzene rings is 4. The summed E-state index contributed by atoms with van der Waals surface area (Å²) in [6, 6.07) is 28.8. The van der Waals surface area contributed by atoms with Gasteiger partial charge in [-0.25, -0.2) is 9.97 Å². The van der Waals surface area contributed by atoms with Gasteiger partial charge >= 0.3 is 21.1 Å². The molecule has 0 unspecified atom stereocenters. The van der Waals surface area contributed by atoms with Crippen LogP contribution in [0.25, 0.3) is 90.9 Å². The molecule has 13 heteroatoms. The summed E-state index contributed by atoms with van der Waals surface area (Å²) in [6.45, 7) is 0. The summed E-state index contributed by atoms with van der Waals surface area (Å²) in [7, 11) is 0. The van der Waals surface area contributed by atoms with Crippen LogP contribution in [0.2, 0.25) is 40.2 Å². The van der Waals surface area contributed by atoms with Crippen LogP contribution in [0.1, 0.15) is 22.8 Å². The molecule has 0 fully saturated rings. The maximum atomic E-state index is 6.93. The quantitative estimate of drug-likeness (QED) is 0.176. The third-order valence-corrected chi connectivity index (χ3v) is 12.0. The minimum absolute atomic E-state index is 0. The van der Waals surface area contributed by atoms with Crippen molar-refractivity contribution in [1.82, 2.24) is 19.9 Å². The summed E-state index contributed by atoms with van der Waals surface area (Å²) in [5.74, 6) is 0. The predicted octanol–water partition coefficient (Wildman–Crippen LogP) is 15.8. The summed E-state index contributed by atoms with van der Waals surface area (Å²) in [5, 5.41) is 3.32. The van der Waals surface area contributed by atoms with Crippen LogP contribution in [0.4, 0.5) is 0 Å². The predicted molar refractivity (Wildman–Crippen MR) is 239 cm³/mol. The van der Waals surface area contributed by atoms with Gasteiger partial charge in [0.15, 0.2) is 0 Å². The first kappa shape index (κ1) is 40.3. The van der Waals surface area contributed by atoms with Crippen molar-refractivity contribution in [2.75, 3.05) is 0 Å². The Morgan fingerprint density at radius 3 is 0.667 bits per heavy atom. The van der Waals surface area contributed by atoms with Gasteiger partial charge in [-0.3, -0.25) is 0 Å². The van der Waals surface area contributed by atoms with Gasteiger partial charge in [-0.15, -0.1) is 22.1 Å². The van der Waals surface area contributed by atoms with Gasteiger partial charge in [0.2, 0.25) is 0 Å². The van der Waals surface area contributed by atoms with Gasteiger partial charge in [-0.05, 0) is 95.1 Å². The second kappa shape index (κ2) is 16.3. The van der Waals surface area contributed by atoms with Crippen molar-refractivity contribution in [2.24, 2.45) is 0 Å². The van der Waals surface area contributed by atoms with Crippen molar-refractivity contribution in [3.05, 3.63) is 160 Å². The molecule has 9 rings (SSSR count). The molecule has 2 aliphatic rings. The van der Waals surface area contributed by atoms with E-state index in [1.807, 2.05) is 48.6 Å². The third-order valence-electron chi connectivity index (χ3n) is 9.46. The van der Waals surface area contributed by atoms with E-state index in [9.17, 15) is 0 Å². The fraction of sp³-hybridized carbons (Fsp3) is 0. The average Bonchev–Trinajstić information content (AvgIpc) is 4.00. The first-order valence-corrected chi connectivity index (χ1v) is 19.9. The Bertz CT molecular complexity index is 2560. The number of rotatable bonds is 4. The molecule has 4 aromatic carbocycles. The van der Waals surface area contributed by atoms with E-state index < -0.39 is 0 Å². The van der Waals surface area contributed by atoms with Crippen molar-refractivity contribution < 1.29 is 21.1 Å². The van der Waals surface area contributed by atoms with E-state index in [1.54, 1.807) is 72.8 Å². The Morgan fingerprint density at radius 1 is 0.281 bits per heavy atom. The zero-order chi connectivity index (χ0) is 38.8.